The molecule has 0 spiro atoms. The van der Waals surface area contributed by atoms with Crippen LogP contribution in [-0.2, 0) is 11.3 Å². The lowest BCUT2D eigenvalue weighted by Crippen LogP contribution is -2.12. The zero-order valence-electron chi connectivity index (χ0n) is 16.2. The molecule has 2 aromatic carbocycles. The van der Waals surface area contributed by atoms with Gasteiger partial charge in [0.15, 0.2) is 0 Å². The van der Waals surface area contributed by atoms with Gasteiger partial charge in [-0.05, 0) is 68.8 Å². The molecule has 0 atom stereocenters. The lowest BCUT2D eigenvalue weighted by Gasteiger charge is -2.08. The van der Waals surface area contributed by atoms with Crippen LogP contribution in [0.5, 0.6) is 0 Å². The van der Waals surface area contributed by atoms with Crippen LogP contribution in [0.15, 0.2) is 54.6 Å². The Morgan fingerprint density at radius 3 is 2.21 bits per heavy atom. The highest BCUT2D eigenvalue weighted by atomic mass is 16.5. The average molecular weight is 377 g/mol. The highest BCUT2D eigenvalue weighted by Crippen LogP contribution is 2.14. The minimum atomic E-state index is -0.376. The second kappa shape index (κ2) is 8.52. The van der Waals surface area contributed by atoms with Crippen molar-refractivity contribution in [2.75, 3.05) is 11.9 Å². The van der Waals surface area contributed by atoms with E-state index in [1.807, 2.05) is 36.7 Å². The van der Waals surface area contributed by atoms with Crippen LogP contribution in [0.2, 0.25) is 0 Å². The van der Waals surface area contributed by atoms with Crippen molar-refractivity contribution in [3.8, 4) is 0 Å². The third-order valence-electron chi connectivity index (χ3n) is 4.31. The van der Waals surface area contributed by atoms with Crippen molar-refractivity contribution >= 4 is 17.6 Å². The Morgan fingerprint density at radius 2 is 1.64 bits per heavy atom. The maximum Gasteiger partial charge on any atom is 0.338 e. The van der Waals surface area contributed by atoms with Crippen LogP contribution in [0.25, 0.3) is 0 Å². The molecule has 0 radical (unpaired) electrons. The number of nitrogens with zero attached hydrogens (tertiary/aromatic N) is 2. The Balaban J connectivity index is 1.63. The zero-order valence-corrected chi connectivity index (χ0v) is 16.2. The first-order valence-electron chi connectivity index (χ1n) is 9.15. The molecule has 144 valence electrons. The summed E-state index contributed by atoms with van der Waals surface area (Å²) >= 11 is 0. The van der Waals surface area contributed by atoms with E-state index in [-0.39, 0.29) is 11.9 Å². The maximum absolute atomic E-state index is 12.4. The van der Waals surface area contributed by atoms with Crippen molar-refractivity contribution in [2.24, 2.45) is 0 Å². The standard InChI is InChI=1S/C22H23N3O3/c1-4-28-22(27)19-9-11-20(12-10-19)23-21(26)18-7-5-17(6-8-18)14-25-16(3)13-15(2)24-25/h5-13H,4,14H2,1-3H3,(H,23,26). The van der Waals surface area contributed by atoms with E-state index in [1.165, 1.54) is 0 Å². The van der Waals surface area contributed by atoms with Crippen molar-refractivity contribution in [1.29, 1.82) is 0 Å². The monoisotopic (exact) mass is 377 g/mol. The summed E-state index contributed by atoms with van der Waals surface area (Å²) in [6.45, 7) is 6.74. The van der Waals surface area contributed by atoms with Crippen molar-refractivity contribution in [1.82, 2.24) is 9.78 Å². The molecule has 1 amide bonds. The molecule has 0 unspecified atom stereocenters. The molecule has 28 heavy (non-hydrogen) atoms. The third kappa shape index (κ3) is 4.65. The first-order chi connectivity index (χ1) is 13.5. The number of hydrogen-bond donors (Lipinski definition) is 1. The summed E-state index contributed by atoms with van der Waals surface area (Å²) in [6.07, 6.45) is 0. The summed E-state index contributed by atoms with van der Waals surface area (Å²) in [4.78, 5) is 24.1. The fourth-order valence-electron chi connectivity index (χ4n) is 2.88. The predicted molar refractivity (Wildman–Crippen MR) is 108 cm³/mol. The molecule has 6 heteroatoms. The fraction of sp³-hybridized carbons (Fsp3) is 0.227. The maximum atomic E-state index is 12.4. The quantitative estimate of drug-likeness (QED) is 0.660. The van der Waals surface area contributed by atoms with E-state index in [4.69, 9.17) is 4.74 Å². The minimum Gasteiger partial charge on any atom is -0.462 e. The number of rotatable bonds is 6. The van der Waals surface area contributed by atoms with E-state index in [1.54, 1.807) is 43.3 Å². The molecule has 0 fully saturated rings. The van der Waals surface area contributed by atoms with Gasteiger partial charge in [-0.1, -0.05) is 12.1 Å². The zero-order chi connectivity index (χ0) is 20.1. The molecule has 0 aliphatic carbocycles. The summed E-state index contributed by atoms with van der Waals surface area (Å²) in [5.41, 5.74) is 4.79. The van der Waals surface area contributed by atoms with E-state index in [0.29, 0.717) is 30.0 Å². The topological polar surface area (TPSA) is 73.2 Å². The van der Waals surface area contributed by atoms with Crippen molar-refractivity contribution in [3.63, 3.8) is 0 Å². The second-order valence-electron chi connectivity index (χ2n) is 6.53. The van der Waals surface area contributed by atoms with Gasteiger partial charge in [-0.25, -0.2) is 4.79 Å². The Morgan fingerprint density at radius 1 is 1.00 bits per heavy atom. The summed E-state index contributed by atoms with van der Waals surface area (Å²) in [5, 5.41) is 7.28. The Hall–Kier alpha value is -3.41. The smallest absolute Gasteiger partial charge is 0.338 e. The van der Waals surface area contributed by atoms with Gasteiger partial charge in [0.25, 0.3) is 5.91 Å². The SMILES string of the molecule is CCOC(=O)c1ccc(NC(=O)c2ccc(Cn3nc(C)cc3C)cc2)cc1. The molecule has 0 saturated heterocycles. The highest BCUT2D eigenvalue weighted by molar-refractivity contribution is 6.04. The number of carbonyl (C=O) groups is 2. The normalized spacial score (nSPS) is 10.5. The van der Waals surface area contributed by atoms with Crippen molar-refractivity contribution in [2.45, 2.75) is 27.3 Å². The molecule has 0 saturated carbocycles. The number of nitrogens with one attached hydrogen (secondary N) is 1. The fourth-order valence-corrected chi connectivity index (χ4v) is 2.88. The largest absolute Gasteiger partial charge is 0.462 e. The summed E-state index contributed by atoms with van der Waals surface area (Å²) in [5.74, 6) is -0.583. The van der Waals surface area contributed by atoms with E-state index in [9.17, 15) is 9.59 Å². The minimum absolute atomic E-state index is 0.207. The summed E-state index contributed by atoms with van der Waals surface area (Å²) < 4.78 is 6.89. The van der Waals surface area contributed by atoms with Crippen molar-refractivity contribution < 1.29 is 14.3 Å². The molecule has 1 heterocycles. The molecule has 6 nitrogen and oxygen atoms in total. The highest BCUT2D eigenvalue weighted by Gasteiger charge is 2.09. The first kappa shape index (κ1) is 19.4. The van der Waals surface area contributed by atoms with Gasteiger partial charge in [-0.15, -0.1) is 0 Å². The summed E-state index contributed by atoms with van der Waals surface area (Å²) in [6, 6.07) is 16.1. The Bertz CT molecular complexity index is 973. The van der Waals surface area contributed by atoms with Crippen LogP contribution in [0.3, 0.4) is 0 Å². The third-order valence-corrected chi connectivity index (χ3v) is 4.31. The number of carbonyl (C=O) groups excluding carboxylic acids is 2. The number of aryl methyl sites for hydroxylation is 2. The van der Waals surface area contributed by atoms with Gasteiger partial charge in [0.1, 0.15) is 0 Å². The van der Waals surface area contributed by atoms with Crippen LogP contribution in [0.1, 0.15) is 44.6 Å². The van der Waals surface area contributed by atoms with Gasteiger partial charge in [0.2, 0.25) is 0 Å². The van der Waals surface area contributed by atoms with Gasteiger partial charge >= 0.3 is 5.97 Å². The van der Waals surface area contributed by atoms with E-state index in [2.05, 4.69) is 10.4 Å². The number of ether oxygens (including phenoxy) is 1. The van der Waals surface area contributed by atoms with Crippen LogP contribution in [0, 0.1) is 13.8 Å². The van der Waals surface area contributed by atoms with Crippen LogP contribution in [0.4, 0.5) is 5.69 Å². The lowest BCUT2D eigenvalue weighted by molar-refractivity contribution is 0.0526. The number of esters is 1. The molecule has 0 aliphatic rings. The summed E-state index contributed by atoms with van der Waals surface area (Å²) in [7, 11) is 0. The number of benzene rings is 2. The molecule has 3 rings (SSSR count). The molecular formula is C22H23N3O3. The predicted octanol–water partition coefficient (Wildman–Crippen LogP) is 3.98. The Labute approximate surface area is 164 Å². The van der Waals surface area contributed by atoms with E-state index < -0.39 is 0 Å². The average Bonchev–Trinajstić information content (AvgIpc) is 3.00. The van der Waals surface area contributed by atoms with Gasteiger partial charge in [0.05, 0.1) is 24.4 Å². The van der Waals surface area contributed by atoms with E-state index >= 15 is 0 Å². The molecule has 1 N–H and O–H groups in total. The van der Waals surface area contributed by atoms with E-state index in [0.717, 1.165) is 17.0 Å². The van der Waals surface area contributed by atoms with Crippen LogP contribution >= 0.6 is 0 Å². The van der Waals surface area contributed by atoms with Crippen LogP contribution in [-0.4, -0.2) is 28.3 Å². The van der Waals surface area contributed by atoms with Gasteiger partial charge in [0, 0.05) is 16.9 Å². The molecule has 0 bridgehead atoms. The number of amides is 1. The first-order valence-corrected chi connectivity index (χ1v) is 9.15. The van der Waals surface area contributed by atoms with Gasteiger partial charge < -0.3 is 10.1 Å². The van der Waals surface area contributed by atoms with Gasteiger partial charge in [-0.2, -0.15) is 5.10 Å². The van der Waals surface area contributed by atoms with Crippen LogP contribution < -0.4 is 5.32 Å². The molecule has 0 aliphatic heterocycles. The Kier molecular flexibility index (Phi) is 5.89. The number of anilines is 1. The molecular weight excluding hydrogens is 354 g/mol. The van der Waals surface area contributed by atoms with Crippen molar-refractivity contribution in [3.05, 3.63) is 82.7 Å². The molecule has 1 aromatic heterocycles. The van der Waals surface area contributed by atoms with Gasteiger partial charge in [-0.3, -0.25) is 9.48 Å². The number of aromatic nitrogens is 2. The number of hydrogen-bond acceptors (Lipinski definition) is 4. The second-order valence-corrected chi connectivity index (χ2v) is 6.53. The lowest BCUT2D eigenvalue weighted by atomic mass is 10.1. The molecule has 3 aromatic rings.